The molecule has 0 fully saturated rings. The molecule has 108 valence electrons. The van der Waals surface area contributed by atoms with Crippen LogP contribution < -0.4 is 0 Å². The molecular formula is C16H32O2. The first-order chi connectivity index (χ1) is 8.66. The zero-order chi connectivity index (χ0) is 13.6. The van der Waals surface area contributed by atoms with Gasteiger partial charge in [0.1, 0.15) is 0 Å². The van der Waals surface area contributed by atoms with E-state index >= 15 is 0 Å². The number of carbonyl (C=O) groups is 1. The molecule has 2 heteroatoms. The predicted molar refractivity (Wildman–Crippen MR) is 77.9 cm³/mol. The van der Waals surface area contributed by atoms with Crippen LogP contribution in [0, 0.1) is 5.92 Å². The lowest BCUT2D eigenvalue weighted by Gasteiger charge is -2.09. The summed E-state index contributed by atoms with van der Waals surface area (Å²) in [5, 5.41) is 8.50. The van der Waals surface area contributed by atoms with Gasteiger partial charge in [-0.3, -0.25) is 4.79 Å². The molecule has 0 aromatic rings. The first-order valence-corrected chi connectivity index (χ1v) is 7.88. The van der Waals surface area contributed by atoms with Crippen LogP contribution in [0.3, 0.4) is 0 Å². The van der Waals surface area contributed by atoms with E-state index in [2.05, 4.69) is 13.8 Å². The zero-order valence-corrected chi connectivity index (χ0v) is 12.4. The van der Waals surface area contributed by atoms with Crippen molar-refractivity contribution in [3.63, 3.8) is 0 Å². The van der Waals surface area contributed by atoms with Gasteiger partial charge >= 0.3 is 5.97 Å². The third kappa shape index (κ3) is 13.5. The maximum atomic E-state index is 10.3. The second-order valence-corrected chi connectivity index (χ2v) is 5.65. The number of hydrogen-bond acceptors (Lipinski definition) is 1. The summed E-state index contributed by atoms with van der Waals surface area (Å²) in [4.78, 5) is 10.3. The van der Waals surface area contributed by atoms with Gasteiger partial charge in [0, 0.05) is 6.42 Å². The molecule has 0 aliphatic heterocycles. The highest BCUT2D eigenvalue weighted by Crippen LogP contribution is 2.16. The minimum Gasteiger partial charge on any atom is -0.481 e. The molecule has 2 nitrogen and oxygen atoms in total. The molecule has 0 saturated carbocycles. The van der Waals surface area contributed by atoms with Crippen LogP contribution in [0.2, 0.25) is 0 Å². The van der Waals surface area contributed by atoms with Crippen LogP contribution in [-0.4, -0.2) is 11.1 Å². The van der Waals surface area contributed by atoms with Crippen molar-refractivity contribution in [3.05, 3.63) is 0 Å². The highest BCUT2D eigenvalue weighted by atomic mass is 16.4. The number of hydrogen-bond donors (Lipinski definition) is 1. The van der Waals surface area contributed by atoms with E-state index in [1.54, 1.807) is 0 Å². The normalized spacial score (nSPS) is 12.6. The molecule has 0 amide bonds. The SMILES string of the molecule is CCCC(C)CCCCCCCCCCC(=O)O. The van der Waals surface area contributed by atoms with E-state index in [-0.39, 0.29) is 0 Å². The Bertz CT molecular complexity index is 190. The van der Waals surface area contributed by atoms with Crippen molar-refractivity contribution in [2.45, 2.75) is 90.9 Å². The second kappa shape index (κ2) is 12.9. The monoisotopic (exact) mass is 256 g/mol. The topological polar surface area (TPSA) is 37.3 Å². The Morgan fingerprint density at radius 3 is 1.89 bits per heavy atom. The summed E-state index contributed by atoms with van der Waals surface area (Å²) < 4.78 is 0. The Morgan fingerprint density at radius 1 is 0.889 bits per heavy atom. The molecule has 0 aromatic carbocycles. The number of unbranched alkanes of at least 4 members (excludes halogenated alkanes) is 7. The largest absolute Gasteiger partial charge is 0.481 e. The van der Waals surface area contributed by atoms with E-state index in [9.17, 15) is 4.79 Å². The van der Waals surface area contributed by atoms with Crippen LogP contribution in [0.5, 0.6) is 0 Å². The maximum absolute atomic E-state index is 10.3. The average molecular weight is 256 g/mol. The van der Waals surface area contributed by atoms with Gasteiger partial charge in [-0.2, -0.15) is 0 Å². The van der Waals surface area contributed by atoms with Gasteiger partial charge in [0.2, 0.25) is 0 Å². The quantitative estimate of drug-likeness (QED) is 0.447. The van der Waals surface area contributed by atoms with E-state index in [0.717, 1.165) is 18.8 Å². The molecule has 0 rings (SSSR count). The summed E-state index contributed by atoms with van der Waals surface area (Å²) in [5.74, 6) is 0.252. The van der Waals surface area contributed by atoms with E-state index in [1.807, 2.05) is 0 Å². The van der Waals surface area contributed by atoms with Gasteiger partial charge in [-0.25, -0.2) is 0 Å². The highest BCUT2D eigenvalue weighted by molar-refractivity contribution is 5.66. The molecule has 1 N–H and O–H groups in total. The van der Waals surface area contributed by atoms with E-state index in [0.29, 0.717) is 6.42 Å². The van der Waals surface area contributed by atoms with Crippen molar-refractivity contribution >= 4 is 5.97 Å². The zero-order valence-electron chi connectivity index (χ0n) is 12.4. The summed E-state index contributed by atoms with van der Waals surface area (Å²) in [7, 11) is 0. The molecule has 0 saturated heterocycles. The number of carboxylic acid groups (broad SMARTS) is 1. The molecule has 0 aliphatic carbocycles. The molecule has 0 heterocycles. The summed E-state index contributed by atoms with van der Waals surface area (Å²) in [6, 6.07) is 0. The average Bonchev–Trinajstić information content (AvgIpc) is 2.31. The van der Waals surface area contributed by atoms with Crippen LogP contribution in [0.4, 0.5) is 0 Å². The molecule has 0 aromatic heterocycles. The first-order valence-electron chi connectivity index (χ1n) is 7.88. The maximum Gasteiger partial charge on any atom is 0.303 e. The van der Waals surface area contributed by atoms with Crippen molar-refractivity contribution < 1.29 is 9.90 Å². The third-order valence-electron chi connectivity index (χ3n) is 3.62. The second-order valence-electron chi connectivity index (χ2n) is 5.65. The minimum absolute atomic E-state index is 0.343. The van der Waals surface area contributed by atoms with Crippen molar-refractivity contribution in [2.75, 3.05) is 0 Å². The van der Waals surface area contributed by atoms with Crippen molar-refractivity contribution in [1.29, 1.82) is 0 Å². The Hall–Kier alpha value is -0.530. The fraction of sp³-hybridized carbons (Fsp3) is 0.938. The molecule has 0 bridgehead atoms. The fourth-order valence-corrected chi connectivity index (χ4v) is 2.47. The molecule has 0 aliphatic rings. The van der Waals surface area contributed by atoms with Crippen molar-refractivity contribution in [1.82, 2.24) is 0 Å². The Morgan fingerprint density at radius 2 is 1.39 bits per heavy atom. The highest BCUT2D eigenvalue weighted by Gasteiger charge is 2.00. The van der Waals surface area contributed by atoms with E-state index in [4.69, 9.17) is 5.11 Å². The standard InChI is InChI=1S/C16H32O2/c1-3-12-15(2)13-10-8-6-4-5-7-9-11-14-16(17)18/h15H,3-14H2,1-2H3,(H,17,18). The molecule has 18 heavy (non-hydrogen) atoms. The third-order valence-corrected chi connectivity index (χ3v) is 3.62. The van der Waals surface area contributed by atoms with Crippen LogP contribution in [0.15, 0.2) is 0 Å². The van der Waals surface area contributed by atoms with Crippen molar-refractivity contribution in [2.24, 2.45) is 5.92 Å². The summed E-state index contributed by atoms with van der Waals surface area (Å²) >= 11 is 0. The van der Waals surface area contributed by atoms with Gasteiger partial charge < -0.3 is 5.11 Å². The van der Waals surface area contributed by atoms with Gasteiger partial charge in [0.25, 0.3) is 0 Å². The summed E-state index contributed by atoms with van der Waals surface area (Å²) in [5.41, 5.74) is 0. The minimum atomic E-state index is -0.656. The lowest BCUT2D eigenvalue weighted by atomic mass is 9.98. The molecule has 0 spiro atoms. The summed E-state index contributed by atoms with van der Waals surface area (Å²) in [6.07, 6.45) is 14.3. The summed E-state index contributed by atoms with van der Waals surface area (Å²) in [6.45, 7) is 4.63. The smallest absolute Gasteiger partial charge is 0.303 e. The van der Waals surface area contributed by atoms with Gasteiger partial charge in [0.05, 0.1) is 0 Å². The molecule has 1 atom stereocenters. The first kappa shape index (κ1) is 17.5. The Labute approximate surface area is 113 Å². The van der Waals surface area contributed by atoms with Crippen molar-refractivity contribution in [3.8, 4) is 0 Å². The van der Waals surface area contributed by atoms with E-state index < -0.39 is 5.97 Å². The fourth-order valence-electron chi connectivity index (χ4n) is 2.47. The van der Waals surface area contributed by atoms with Crippen LogP contribution in [0.25, 0.3) is 0 Å². The molecule has 0 radical (unpaired) electrons. The van der Waals surface area contributed by atoms with Gasteiger partial charge in [-0.05, 0) is 12.3 Å². The molecule has 1 unspecified atom stereocenters. The van der Waals surface area contributed by atoms with Gasteiger partial charge in [-0.15, -0.1) is 0 Å². The Kier molecular flexibility index (Phi) is 12.5. The van der Waals surface area contributed by atoms with Gasteiger partial charge in [-0.1, -0.05) is 78.1 Å². The predicted octanol–water partition coefficient (Wildman–Crippen LogP) is 5.41. The van der Waals surface area contributed by atoms with Gasteiger partial charge in [0.15, 0.2) is 0 Å². The lowest BCUT2D eigenvalue weighted by molar-refractivity contribution is -0.137. The number of aliphatic carboxylic acids is 1. The van der Waals surface area contributed by atoms with Crippen LogP contribution in [0.1, 0.15) is 90.9 Å². The van der Waals surface area contributed by atoms with Crippen LogP contribution in [-0.2, 0) is 4.79 Å². The Balaban J connectivity index is 3.05. The van der Waals surface area contributed by atoms with Crippen LogP contribution >= 0.6 is 0 Å². The number of rotatable bonds is 13. The lowest BCUT2D eigenvalue weighted by Crippen LogP contribution is -1.94. The number of carboxylic acids is 1. The molecular weight excluding hydrogens is 224 g/mol. The van der Waals surface area contributed by atoms with E-state index in [1.165, 1.54) is 57.8 Å².